The van der Waals surface area contributed by atoms with Crippen LogP contribution < -0.4 is 19.1 Å². The first-order valence-electron chi connectivity index (χ1n) is 9.26. The van der Waals surface area contributed by atoms with Crippen molar-refractivity contribution in [1.82, 2.24) is 14.9 Å². The van der Waals surface area contributed by atoms with Gasteiger partial charge in [-0.1, -0.05) is 0 Å². The fourth-order valence-electron chi connectivity index (χ4n) is 3.03. The van der Waals surface area contributed by atoms with Gasteiger partial charge in [0.05, 0.1) is 13.7 Å². The van der Waals surface area contributed by atoms with E-state index in [0.717, 1.165) is 18.6 Å². The molecule has 0 bridgehead atoms. The third-order valence-electron chi connectivity index (χ3n) is 4.50. The molecule has 1 amide bonds. The molecular weight excluding hydrogens is 360 g/mol. The fraction of sp³-hybridized carbons (Fsp3) is 0.450. The Labute approximate surface area is 165 Å². The molecule has 2 heterocycles. The molecule has 1 aromatic carbocycles. The number of anilines is 1. The van der Waals surface area contributed by atoms with Crippen LogP contribution in [0, 0.1) is 0 Å². The molecule has 0 N–H and O–H groups in total. The standard InChI is InChI=1S/C20H26N4O4/c1-23(2)19-20(22-11-10-21-19)28-17-5-4-12-24(13-17)18(25)14-27-16-8-6-15(26-3)7-9-16/h6-11,17H,4-5,12-14H2,1-3H3. The summed E-state index contributed by atoms with van der Waals surface area (Å²) in [6.45, 7) is 1.20. The van der Waals surface area contributed by atoms with Crippen molar-refractivity contribution in [2.24, 2.45) is 0 Å². The molecule has 0 radical (unpaired) electrons. The van der Waals surface area contributed by atoms with Crippen molar-refractivity contribution in [3.63, 3.8) is 0 Å². The van der Waals surface area contributed by atoms with E-state index in [1.165, 1.54) is 0 Å². The Bertz CT molecular complexity index is 782. The summed E-state index contributed by atoms with van der Waals surface area (Å²) < 4.78 is 16.8. The van der Waals surface area contributed by atoms with Crippen molar-refractivity contribution in [1.29, 1.82) is 0 Å². The SMILES string of the molecule is COc1ccc(OCC(=O)N2CCCC(Oc3nccnc3N(C)C)C2)cc1. The number of hydrogen-bond acceptors (Lipinski definition) is 7. The minimum atomic E-state index is -0.117. The monoisotopic (exact) mass is 386 g/mol. The lowest BCUT2D eigenvalue weighted by molar-refractivity contribution is -0.136. The Balaban J connectivity index is 1.54. The van der Waals surface area contributed by atoms with Gasteiger partial charge in [0.1, 0.15) is 17.6 Å². The van der Waals surface area contributed by atoms with Crippen LogP contribution in [0.25, 0.3) is 0 Å². The molecule has 3 rings (SSSR count). The van der Waals surface area contributed by atoms with Gasteiger partial charge in [0.15, 0.2) is 12.4 Å². The van der Waals surface area contributed by atoms with Crippen molar-refractivity contribution in [3.05, 3.63) is 36.7 Å². The molecule has 1 saturated heterocycles. The summed E-state index contributed by atoms with van der Waals surface area (Å²) in [6, 6.07) is 7.16. The summed E-state index contributed by atoms with van der Waals surface area (Å²) in [4.78, 5) is 24.8. The molecule has 1 aromatic heterocycles. The second kappa shape index (κ2) is 9.25. The Morgan fingerprint density at radius 1 is 1.18 bits per heavy atom. The third-order valence-corrected chi connectivity index (χ3v) is 4.50. The van der Waals surface area contributed by atoms with E-state index in [4.69, 9.17) is 14.2 Å². The maximum absolute atomic E-state index is 12.6. The number of ether oxygens (including phenoxy) is 3. The van der Waals surface area contributed by atoms with Gasteiger partial charge in [-0.15, -0.1) is 0 Å². The predicted molar refractivity (Wildman–Crippen MR) is 105 cm³/mol. The number of aromatic nitrogens is 2. The summed E-state index contributed by atoms with van der Waals surface area (Å²) in [7, 11) is 5.39. The highest BCUT2D eigenvalue weighted by molar-refractivity contribution is 5.78. The molecule has 0 saturated carbocycles. The molecule has 150 valence electrons. The van der Waals surface area contributed by atoms with Crippen LogP contribution in [0.3, 0.4) is 0 Å². The smallest absolute Gasteiger partial charge is 0.260 e. The zero-order valence-electron chi connectivity index (χ0n) is 16.5. The van der Waals surface area contributed by atoms with Crippen LogP contribution >= 0.6 is 0 Å². The summed E-state index contributed by atoms with van der Waals surface area (Å²) in [5.41, 5.74) is 0. The average Bonchev–Trinajstić information content (AvgIpc) is 2.73. The molecule has 28 heavy (non-hydrogen) atoms. The van der Waals surface area contributed by atoms with E-state index >= 15 is 0 Å². The molecule has 8 heteroatoms. The van der Waals surface area contributed by atoms with Crippen molar-refractivity contribution in [3.8, 4) is 17.4 Å². The second-order valence-electron chi connectivity index (χ2n) is 6.77. The molecule has 0 aliphatic carbocycles. The van der Waals surface area contributed by atoms with Crippen molar-refractivity contribution < 1.29 is 19.0 Å². The Hall–Kier alpha value is -3.03. The van der Waals surface area contributed by atoms with Gasteiger partial charge in [0, 0.05) is 33.0 Å². The van der Waals surface area contributed by atoms with E-state index < -0.39 is 0 Å². The zero-order valence-corrected chi connectivity index (χ0v) is 16.5. The van der Waals surface area contributed by atoms with Crippen LogP contribution in [-0.4, -0.2) is 67.8 Å². The fourth-order valence-corrected chi connectivity index (χ4v) is 3.03. The topological polar surface area (TPSA) is 77.0 Å². The summed E-state index contributed by atoms with van der Waals surface area (Å²) in [5.74, 6) is 2.48. The number of methoxy groups -OCH3 is 1. The first-order valence-corrected chi connectivity index (χ1v) is 9.26. The molecule has 1 aliphatic heterocycles. The van der Waals surface area contributed by atoms with Gasteiger partial charge in [-0.05, 0) is 37.1 Å². The zero-order chi connectivity index (χ0) is 19.9. The van der Waals surface area contributed by atoms with Crippen LogP contribution in [0.2, 0.25) is 0 Å². The molecule has 1 unspecified atom stereocenters. The van der Waals surface area contributed by atoms with Gasteiger partial charge in [-0.2, -0.15) is 0 Å². The molecule has 1 atom stereocenters. The molecule has 8 nitrogen and oxygen atoms in total. The number of benzene rings is 1. The van der Waals surface area contributed by atoms with E-state index in [-0.39, 0.29) is 18.6 Å². The number of likely N-dealkylation sites (tertiary alicyclic amines) is 1. The molecule has 2 aromatic rings. The number of carbonyl (C=O) groups excluding carboxylic acids is 1. The maximum Gasteiger partial charge on any atom is 0.260 e. The Morgan fingerprint density at radius 2 is 1.89 bits per heavy atom. The van der Waals surface area contributed by atoms with Gasteiger partial charge in [0.25, 0.3) is 11.8 Å². The molecular formula is C20H26N4O4. The Morgan fingerprint density at radius 3 is 2.61 bits per heavy atom. The van der Waals surface area contributed by atoms with Gasteiger partial charge in [0.2, 0.25) is 0 Å². The van der Waals surface area contributed by atoms with Crippen LogP contribution in [0.5, 0.6) is 17.4 Å². The number of piperidine rings is 1. The minimum Gasteiger partial charge on any atom is -0.497 e. The minimum absolute atomic E-state index is 0.00681. The lowest BCUT2D eigenvalue weighted by atomic mass is 10.1. The number of amides is 1. The summed E-state index contributed by atoms with van der Waals surface area (Å²) in [5, 5.41) is 0. The molecule has 1 aliphatic rings. The van der Waals surface area contributed by atoms with Crippen molar-refractivity contribution in [2.75, 3.05) is 45.8 Å². The molecule has 1 fully saturated rings. The second-order valence-corrected chi connectivity index (χ2v) is 6.77. The van der Waals surface area contributed by atoms with Crippen LogP contribution in [0.1, 0.15) is 12.8 Å². The number of hydrogen-bond donors (Lipinski definition) is 0. The molecule has 0 spiro atoms. The lowest BCUT2D eigenvalue weighted by Gasteiger charge is -2.33. The highest BCUT2D eigenvalue weighted by Crippen LogP contribution is 2.24. The summed E-state index contributed by atoms with van der Waals surface area (Å²) >= 11 is 0. The summed E-state index contributed by atoms with van der Waals surface area (Å²) in [6.07, 6.45) is 4.86. The highest BCUT2D eigenvalue weighted by atomic mass is 16.5. The highest BCUT2D eigenvalue weighted by Gasteiger charge is 2.26. The van der Waals surface area contributed by atoms with Crippen LogP contribution in [0.15, 0.2) is 36.7 Å². The van der Waals surface area contributed by atoms with E-state index in [0.29, 0.717) is 30.5 Å². The maximum atomic E-state index is 12.6. The number of nitrogens with zero attached hydrogens (tertiary/aromatic N) is 4. The quantitative estimate of drug-likeness (QED) is 0.720. The van der Waals surface area contributed by atoms with Crippen molar-refractivity contribution in [2.45, 2.75) is 18.9 Å². The van der Waals surface area contributed by atoms with E-state index in [1.54, 1.807) is 48.7 Å². The predicted octanol–water partition coefficient (Wildman–Crippen LogP) is 2.00. The van der Waals surface area contributed by atoms with Gasteiger partial charge < -0.3 is 24.0 Å². The van der Waals surface area contributed by atoms with Gasteiger partial charge in [-0.3, -0.25) is 4.79 Å². The normalized spacial score (nSPS) is 16.4. The third kappa shape index (κ3) is 5.03. The van der Waals surface area contributed by atoms with Crippen LogP contribution in [0.4, 0.5) is 5.82 Å². The number of rotatable bonds is 7. The van der Waals surface area contributed by atoms with Gasteiger partial charge in [-0.25, -0.2) is 9.97 Å². The van der Waals surface area contributed by atoms with E-state index in [2.05, 4.69) is 9.97 Å². The van der Waals surface area contributed by atoms with Crippen LogP contribution in [-0.2, 0) is 4.79 Å². The Kier molecular flexibility index (Phi) is 6.52. The first kappa shape index (κ1) is 19.7. The average molecular weight is 386 g/mol. The van der Waals surface area contributed by atoms with E-state index in [9.17, 15) is 4.79 Å². The van der Waals surface area contributed by atoms with E-state index in [1.807, 2.05) is 19.0 Å². The first-order chi connectivity index (χ1) is 13.6. The lowest BCUT2D eigenvalue weighted by Crippen LogP contribution is -2.46. The van der Waals surface area contributed by atoms with Gasteiger partial charge >= 0.3 is 0 Å². The largest absolute Gasteiger partial charge is 0.497 e. The number of carbonyl (C=O) groups is 1. The van der Waals surface area contributed by atoms with Crippen molar-refractivity contribution >= 4 is 11.7 Å².